The summed E-state index contributed by atoms with van der Waals surface area (Å²) in [7, 11) is -2.94. The molecule has 2 aromatic carbocycles. The first-order chi connectivity index (χ1) is 10.6. The summed E-state index contributed by atoms with van der Waals surface area (Å²) < 4.78 is 22.4. The van der Waals surface area contributed by atoms with E-state index in [2.05, 4.69) is 17.1 Å². The van der Waals surface area contributed by atoms with Crippen LogP contribution in [0.1, 0.15) is 5.56 Å². The van der Waals surface area contributed by atoms with Crippen molar-refractivity contribution < 1.29 is 8.42 Å². The van der Waals surface area contributed by atoms with Crippen LogP contribution < -0.4 is 0 Å². The van der Waals surface area contributed by atoms with Crippen LogP contribution in [0.3, 0.4) is 0 Å². The van der Waals surface area contributed by atoms with Crippen LogP contribution >= 0.6 is 0 Å². The molecule has 0 radical (unpaired) electrons. The van der Waals surface area contributed by atoms with E-state index >= 15 is 0 Å². The van der Waals surface area contributed by atoms with Crippen LogP contribution in [0, 0.1) is 0 Å². The SMILES string of the molecule is O=S1(=O)C=C(c2ccc(-c3cccc4ncccc34)cc2)C1. The average molecular weight is 307 g/mol. The zero-order valence-corrected chi connectivity index (χ0v) is 12.5. The molecular formula is C18H13NO2S. The standard InChI is InChI=1S/C18H13NO2S/c20-22(21)11-15(12-22)13-6-8-14(9-7-13)16-3-1-5-18-17(16)4-2-10-19-18/h1-11H,12H2. The number of pyridine rings is 1. The van der Waals surface area contributed by atoms with Crippen molar-refractivity contribution in [2.45, 2.75) is 0 Å². The minimum atomic E-state index is -2.94. The third-order valence-corrected chi connectivity index (χ3v) is 5.25. The molecule has 0 fully saturated rings. The van der Waals surface area contributed by atoms with Crippen molar-refractivity contribution in [3.8, 4) is 11.1 Å². The first kappa shape index (κ1) is 13.2. The van der Waals surface area contributed by atoms with E-state index in [1.165, 1.54) is 5.41 Å². The minimum Gasteiger partial charge on any atom is -0.256 e. The van der Waals surface area contributed by atoms with Gasteiger partial charge in [-0.25, -0.2) is 8.42 Å². The molecule has 0 amide bonds. The molecule has 0 N–H and O–H groups in total. The van der Waals surface area contributed by atoms with Gasteiger partial charge in [-0.15, -0.1) is 0 Å². The molecule has 1 aliphatic rings. The number of rotatable bonds is 2. The smallest absolute Gasteiger partial charge is 0.176 e. The molecule has 0 unspecified atom stereocenters. The van der Waals surface area contributed by atoms with E-state index in [4.69, 9.17) is 0 Å². The molecule has 0 bridgehead atoms. The molecule has 2 heterocycles. The highest BCUT2D eigenvalue weighted by Gasteiger charge is 2.23. The summed E-state index contributed by atoms with van der Waals surface area (Å²) in [5.74, 6) is 0.143. The summed E-state index contributed by atoms with van der Waals surface area (Å²) in [5, 5.41) is 2.47. The number of fused-ring (bicyclic) bond motifs is 1. The lowest BCUT2D eigenvalue weighted by atomic mass is 9.98. The third kappa shape index (κ3) is 2.22. The first-order valence-electron chi connectivity index (χ1n) is 7.00. The van der Waals surface area contributed by atoms with Crippen LogP contribution in [0.2, 0.25) is 0 Å². The van der Waals surface area contributed by atoms with Crippen molar-refractivity contribution >= 4 is 26.3 Å². The van der Waals surface area contributed by atoms with Gasteiger partial charge < -0.3 is 0 Å². The van der Waals surface area contributed by atoms with Gasteiger partial charge in [-0.05, 0) is 34.4 Å². The molecule has 3 aromatic rings. The Morgan fingerprint density at radius 3 is 2.32 bits per heavy atom. The summed E-state index contributed by atoms with van der Waals surface area (Å²) in [6.07, 6.45) is 1.79. The van der Waals surface area contributed by atoms with Crippen LogP contribution in [-0.2, 0) is 9.84 Å². The lowest BCUT2D eigenvalue weighted by Gasteiger charge is -2.15. The van der Waals surface area contributed by atoms with Gasteiger partial charge in [0.1, 0.15) is 0 Å². The second-order valence-electron chi connectivity index (χ2n) is 5.40. The molecule has 0 aliphatic carbocycles. The number of hydrogen-bond acceptors (Lipinski definition) is 3. The van der Waals surface area contributed by atoms with Crippen molar-refractivity contribution in [1.82, 2.24) is 4.98 Å². The molecule has 22 heavy (non-hydrogen) atoms. The van der Waals surface area contributed by atoms with Crippen LogP contribution in [0.15, 0.2) is 66.2 Å². The number of benzene rings is 2. The molecule has 1 aromatic heterocycles. The van der Waals surface area contributed by atoms with E-state index in [-0.39, 0.29) is 5.75 Å². The van der Waals surface area contributed by atoms with Gasteiger partial charge in [0.15, 0.2) is 9.84 Å². The molecule has 0 atom stereocenters. The van der Waals surface area contributed by atoms with E-state index in [1.54, 1.807) is 6.20 Å². The second-order valence-corrected chi connectivity index (χ2v) is 7.25. The van der Waals surface area contributed by atoms with Crippen molar-refractivity contribution in [3.05, 3.63) is 71.8 Å². The molecule has 108 valence electrons. The Labute approximate surface area is 128 Å². The van der Waals surface area contributed by atoms with Gasteiger partial charge in [-0.3, -0.25) is 4.98 Å². The quantitative estimate of drug-likeness (QED) is 0.725. The molecule has 0 saturated carbocycles. The zero-order chi connectivity index (χ0) is 15.2. The Kier molecular flexibility index (Phi) is 2.87. The Bertz CT molecular complexity index is 997. The van der Waals surface area contributed by atoms with Gasteiger partial charge in [-0.2, -0.15) is 0 Å². The summed E-state index contributed by atoms with van der Waals surface area (Å²) >= 11 is 0. The largest absolute Gasteiger partial charge is 0.256 e. The van der Waals surface area contributed by atoms with Crippen LogP contribution in [0.25, 0.3) is 27.6 Å². The first-order valence-corrected chi connectivity index (χ1v) is 8.72. The maximum atomic E-state index is 11.2. The van der Waals surface area contributed by atoms with Crippen LogP contribution in [-0.4, -0.2) is 19.2 Å². The minimum absolute atomic E-state index is 0.143. The normalized spacial score (nSPS) is 16.1. The van der Waals surface area contributed by atoms with E-state index in [0.717, 1.165) is 33.2 Å². The Morgan fingerprint density at radius 1 is 0.864 bits per heavy atom. The molecule has 4 heteroatoms. The van der Waals surface area contributed by atoms with Crippen molar-refractivity contribution in [1.29, 1.82) is 0 Å². The maximum absolute atomic E-state index is 11.2. The monoisotopic (exact) mass is 307 g/mol. The predicted molar refractivity (Wildman–Crippen MR) is 88.9 cm³/mol. The van der Waals surface area contributed by atoms with Gasteiger partial charge in [0, 0.05) is 17.0 Å². The zero-order valence-electron chi connectivity index (χ0n) is 11.7. The van der Waals surface area contributed by atoms with Gasteiger partial charge in [0.25, 0.3) is 0 Å². The van der Waals surface area contributed by atoms with Gasteiger partial charge in [0.05, 0.1) is 11.3 Å². The number of sulfone groups is 1. The van der Waals surface area contributed by atoms with Crippen molar-refractivity contribution in [2.24, 2.45) is 0 Å². The van der Waals surface area contributed by atoms with E-state index < -0.39 is 9.84 Å². The number of hydrogen-bond donors (Lipinski definition) is 0. The summed E-state index contributed by atoms with van der Waals surface area (Å²) in [6, 6.07) is 18.1. The fourth-order valence-corrected chi connectivity index (χ4v) is 3.90. The third-order valence-electron chi connectivity index (χ3n) is 3.89. The summed E-state index contributed by atoms with van der Waals surface area (Å²) in [4.78, 5) is 4.38. The Hall–Kier alpha value is -2.46. The van der Waals surface area contributed by atoms with E-state index in [9.17, 15) is 8.42 Å². The van der Waals surface area contributed by atoms with E-state index in [1.807, 2.05) is 42.5 Å². The molecule has 4 rings (SSSR count). The molecule has 0 spiro atoms. The summed E-state index contributed by atoms with van der Waals surface area (Å²) in [5.41, 5.74) is 5.05. The highest BCUT2D eigenvalue weighted by Crippen LogP contribution is 2.31. The summed E-state index contributed by atoms with van der Waals surface area (Å²) in [6.45, 7) is 0. The topological polar surface area (TPSA) is 47.0 Å². The Balaban J connectivity index is 1.77. The predicted octanol–water partition coefficient (Wildman–Crippen LogP) is 3.67. The molecule has 1 aliphatic heterocycles. The molecule has 0 saturated heterocycles. The molecular weight excluding hydrogens is 294 g/mol. The van der Waals surface area contributed by atoms with Gasteiger partial charge in [0.2, 0.25) is 0 Å². The lowest BCUT2D eigenvalue weighted by Crippen LogP contribution is -2.15. The molecule has 3 nitrogen and oxygen atoms in total. The van der Waals surface area contributed by atoms with Crippen LogP contribution in [0.5, 0.6) is 0 Å². The fraction of sp³-hybridized carbons (Fsp3) is 0.0556. The highest BCUT2D eigenvalue weighted by molar-refractivity contribution is 7.96. The van der Waals surface area contributed by atoms with Crippen LogP contribution in [0.4, 0.5) is 0 Å². The van der Waals surface area contributed by atoms with E-state index in [0.29, 0.717) is 0 Å². The highest BCUT2D eigenvalue weighted by atomic mass is 32.2. The van der Waals surface area contributed by atoms with Crippen molar-refractivity contribution in [3.63, 3.8) is 0 Å². The number of nitrogens with zero attached hydrogens (tertiary/aromatic N) is 1. The van der Waals surface area contributed by atoms with Gasteiger partial charge >= 0.3 is 0 Å². The van der Waals surface area contributed by atoms with Gasteiger partial charge in [-0.1, -0.05) is 42.5 Å². The average Bonchev–Trinajstić information content (AvgIpc) is 2.52. The number of aromatic nitrogens is 1. The lowest BCUT2D eigenvalue weighted by molar-refractivity contribution is 0.605. The Morgan fingerprint density at radius 2 is 1.59 bits per heavy atom. The van der Waals surface area contributed by atoms with Crippen molar-refractivity contribution in [2.75, 3.05) is 5.75 Å². The maximum Gasteiger partial charge on any atom is 0.176 e. The second kappa shape index (κ2) is 4.78. The fourth-order valence-electron chi connectivity index (χ4n) is 2.78.